The molecule has 0 amide bonds. The Morgan fingerprint density at radius 3 is 2.61 bits per heavy atom. The second kappa shape index (κ2) is 5.92. The Labute approximate surface area is 114 Å². The van der Waals surface area contributed by atoms with Crippen molar-refractivity contribution >= 4 is 17.3 Å². The van der Waals surface area contributed by atoms with E-state index in [2.05, 4.69) is 19.2 Å². The first-order valence-corrected chi connectivity index (χ1v) is 7.15. The van der Waals surface area contributed by atoms with E-state index in [0.717, 1.165) is 12.3 Å². The van der Waals surface area contributed by atoms with Gasteiger partial charge in [-0.1, -0.05) is 25.4 Å². The standard InChI is InChI=1S/C15H21ClFN/c1-10(2)3-7-14(11-4-5-11)18-15-8-6-12(16)9-13(15)17/h6,8-11,14,18H,3-5,7H2,1-2H3. The molecule has 0 aliphatic heterocycles. The Balaban J connectivity index is 1.99. The first-order valence-electron chi connectivity index (χ1n) is 6.78. The van der Waals surface area contributed by atoms with E-state index < -0.39 is 0 Å². The van der Waals surface area contributed by atoms with Crippen molar-refractivity contribution in [2.75, 3.05) is 5.32 Å². The van der Waals surface area contributed by atoms with Crippen molar-refractivity contribution < 1.29 is 4.39 Å². The van der Waals surface area contributed by atoms with E-state index in [-0.39, 0.29) is 5.82 Å². The lowest BCUT2D eigenvalue weighted by atomic mass is 10.00. The monoisotopic (exact) mass is 269 g/mol. The van der Waals surface area contributed by atoms with Crippen LogP contribution in [0.25, 0.3) is 0 Å². The Morgan fingerprint density at radius 2 is 2.06 bits per heavy atom. The van der Waals surface area contributed by atoms with Gasteiger partial charge in [-0.3, -0.25) is 0 Å². The van der Waals surface area contributed by atoms with E-state index in [1.807, 2.05) is 0 Å². The largest absolute Gasteiger partial charge is 0.380 e. The number of nitrogens with one attached hydrogen (secondary N) is 1. The molecule has 1 unspecified atom stereocenters. The molecule has 1 aliphatic carbocycles. The van der Waals surface area contributed by atoms with Crippen molar-refractivity contribution in [3.05, 3.63) is 29.0 Å². The van der Waals surface area contributed by atoms with E-state index >= 15 is 0 Å². The molecule has 1 aliphatic rings. The summed E-state index contributed by atoms with van der Waals surface area (Å²) in [6.45, 7) is 4.46. The van der Waals surface area contributed by atoms with Crippen molar-refractivity contribution in [3.63, 3.8) is 0 Å². The van der Waals surface area contributed by atoms with Gasteiger partial charge < -0.3 is 5.32 Å². The zero-order valence-corrected chi connectivity index (χ0v) is 11.8. The number of halogens is 2. The summed E-state index contributed by atoms with van der Waals surface area (Å²) in [5.41, 5.74) is 0.583. The highest BCUT2D eigenvalue weighted by atomic mass is 35.5. The number of benzene rings is 1. The zero-order chi connectivity index (χ0) is 13.1. The lowest BCUT2D eigenvalue weighted by molar-refractivity contribution is 0.484. The number of rotatable bonds is 6. The van der Waals surface area contributed by atoms with Crippen LogP contribution in [-0.4, -0.2) is 6.04 Å². The molecule has 0 bridgehead atoms. The second-order valence-electron chi connectivity index (χ2n) is 5.68. The van der Waals surface area contributed by atoms with Gasteiger partial charge in [-0.15, -0.1) is 0 Å². The summed E-state index contributed by atoms with van der Waals surface area (Å²) in [5.74, 6) is 1.17. The van der Waals surface area contributed by atoms with Gasteiger partial charge in [-0.25, -0.2) is 4.39 Å². The maximum atomic E-state index is 13.7. The molecule has 1 N–H and O–H groups in total. The second-order valence-corrected chi connectivity index (χ2v) is 6.12. The molecule has 100 valence electrons. The topological polar surface area (TPSA) is 12.0 Å². The highest BCUT2D eigenvalue weighted by Crippen LogP contribution is 2.37. The fourth-order valence-corrected chi connectivity index (χ4v) is 2.40. The molecule has 3 heteroatoms. The normalized spacial score (nSPS) is 16.9. The molecule has 0 radical (unpaired) electrons. The van der Waals surface area contributed by atoms with Gasteiger partial charge in [0.1, 0.15) is 5.82 Å². The molecule has 0 spiro atoms. The van der Waals surface area contributed by atoms with Crippen LogP contribution < -0.4 is 5.32 Å². The van der Waals surface area contributed by atoms with Crippen molar-refractivity contribution in [2.24, 2.45) is 11.8 Å². The van der Waals surface area contributed by atoms with Gasteiger partial charge in [-0.05, 0) is 55.7 Å². The van der Waals surface area contributed by atoms with Gasteiger partial charge in [0.05, 0.1) is 5.69 Å². The van der Waals surface area contributed by atoms with E-state index in [9.17, 15) is 4.39 Å². The maximum Gasteiger partial charge on any atom is 0.147 e. The predicted molar refractivity (Wildman–Crippen MR) is 75.6 cm³/mol. The van der Waals surface area contributed by atoms with Crippen molar-refractivity contribution in [3.8, 4) is 0 Å². The molecule has 0 aromatic heterocycles. The third kappa shape index (κ3) is 3.88. The van der Waals surface area contributed by atoms with Crippen LogP contribution in [0.3, 0.4) is 0 Å². The molecule has 1 nitrogen and oxygen atoms in total. The summed E-state index contributed by atoms with van der Waals surface area (Å²) < 4.78 is 13.7. The smallest absolute Gasteiger partial charge is 0.147 e. The lowest BCUT2D eigenvalue weighted by Crippen LogP contribution is -2.23. The predicted octanol–water partition coefficient (Wildman–Crippen LogP) is 5.11. The highest BCUT2D eigenvalue weighted by Gasteiger charge is 2.31. The molecule has 1 fully saturated rings. The minimum atomic E-state index is -0.252. The van der Waals surface area contributed by atoms with Gasteiger partial charge in [0.15, 0.2) is 0 Å². The number of hydrogen-bond donors (Lipinski definition) is 1. The van der Waals surface area contributed by atoms with E-state index in [0.29, 0.717) is 22.7 Å². The summed E-state index contributed by atoms with van der Waals surface area (Å²) >= 11 is 5.76. The first-order chi connectivity index (χ1) is 8.56. The SMILES string of the molecule is CC(C)CCC(Nc1ccc(Cl)cc1F)C1CC1. The number of anilines is 1. The molecule has 2 rings (SSSR count). The summed E-state index contributed by atoms with van der Waals surface area (Å²) in [5, 5.41) is 3.81. The summed E-state index contributed by atoms with van der Waals surface area (Å²) in [6, 6.07) is 5.25. The minimum Gasteiger partial charge on any atom is -0.380 e. The molecular weight excluding hydrogens is 249 g/mol. The summed E-state index contributed by atoms with van der Waals surface area (Å²) in [4.78, 5) is 0. The third-order valence-corrected chi connectivity index (χ3v) is 3.75. The lowest BCUT2D eigenvalue weighted by Gasteiger charge is -2.21. The third-order valence-electron chi connectivity index (χ3n) is 3.52. The fourth-order valence-electron chi connectivity index (χ4n) is 2.24. The molecule has 0 heterocycles. The summed E-state index contributed by atoms with van der Waals surface area (Å²) in [6.07, 6.45) is 4.84. The Hall–Kier alpha value is -0.760. The van der Waals surface area contributed by atoms with Crippen LogP contribution in [-0.2, 0) is 0 Å². The molecule has 1 saturated carbocycles. The Kier molecular flexibility index (Phi) is 4.50. The Morgan fingerprint density at radius 1 is 1.33 bits per heavy atom. The van der Waals surface area contributed by atoms with Crippen LogP contribution in [0.4, 0.5) is 10.1 Å². The van der Waals surface area contributed by atoms with Gasteiger partial charge in [0.25, 0.3) is 0 Å². The Bertz CT molecular complexity index is 401. The number of hydrogen-bond acceptors (Lipinski definition) is 1. The van der Waals surface area contributed by atoms with Crippen LogP contribution in [0, 0.1) is 17.7 Å². The average Bonchev–Trinajstić information content (AvgIpc) is 3.10. The molecule has 0 saturated heterocycles. The van der Waals surface area contributed by atoms with Gasteiger partial charge in [0, 0.05) is 11.1 Å². The van der Waals surface area contributed by atoms with E-state index in [1.165, 1.54) is 25.3 Å². The molecule has 1 atom stereocenters. The maximum absolute atomic E-state index is 13.7. The van der Waals surface area contributed by atoms with Crippen LogP contribution >= 0.6 is 11.6 Å². The van der Waals surface area contributed by atoms with Crippen LogP contribution in [0.2, 0.25) is 5.02 Å². The van der Waals surface area contributed by atoms with Gasteiger partial charge in [0.2, 0.25) is 0 Å². The van der Waals surface area contributed by atoms with Crippen molar-refractivity contribution in [2.45, 2.75) is 45.6 Å². The zero-order valence-electron chi connectivity index (χ0n) is 11.0. The first kappa shape index (κ1) is 13.7. The van der Waals surface area contributed by atoms with E-state index in [1.54, 1.807) is 12.1 Å². The molecule has 18 heavy (non-hydrogen) atoms. The average molecular weight is 270 g/mol. The van der Waals surface area contributed by atoms with Crippen LogP contribution in [0.5, 0.6) is 0 Å². The molecule has 1 aromatic carbocycles. The van der Waals surface area contributed by atoms with Gasteiger partial charge >= 0.3 is 0 Å². The van der Waals surface area contributed by atoms with Crippen molar-refractivity contribution in [1.29, 1.82) is 0 Å². The highest BCUT2D eigenvalue weighted by molar-refractivity contribution is 6.30. The van der Waals surface area contributed by atoms with Crippen LogP contribution in [0.1, 0.15) is 39.5 Å². The van der Waals surface area contributed by atoms with E-state index in [4.69, 9.17) is 11.6 Å². The summed E-state index contributed by atoms with van der Waals surface area (Å²) in [7, 11) is 0. The van der Waals surface area contributed by atoms with Crippen LogP contribution in [0.15, 0.2) is 18.2 Å². The molecule has 1 aromatic rings. The van der Waals surface area contributed by atoms with Crippen molar-refractivity contribution in [1.82, 2.24) is 0 Å². The van der Waals surface area contributed by atoms with Gasteiger partial charge in [-0.2, -0.15) is 0 Å². The fraction of sp³-hybridized carbons (Fsp3) is 0.600. The quantitative estimate of drug-likeness (QED) is 0.757. The molecular formula is C15H21ClFN. The minimum absolute atomic E-state index is 0.252.